The van der Waals surface area contributed by atoms with Gasteiger partial charge in [0.2, 0.25) is 0 Å². The van der Waals surface area contributed by atoms with E-state index in [9.17, 15) is 0 Å². The molecular formula is C14H28O3Si. The van der Waals surface area contributed by atoms with Crippen molar-refractivity contribution in [2.24, 2.45) is 5.92 Å². The zero-order valence-corrected chi connectivity index (χ0v) is 13.3. The van der Waals surface area contributed by atoms with E-state index in [1.807, 2.05) is 0 Å². The molecule has 2 aliphatic rings. The molecule has 2 fully saturated rings. The van der Waals surface area contributed by atoms with Crippen LogP contribution in [-0.4, -0.2) is 40.9 Å². The minimum Gasteiger partial charge on any atom is -0.370 e. The molecule has 106 valence electrons. The largest absolute Gasteiger partial charge is 0.370 e. The van der Waals surface area contributed by atoms with E-state index in [1.54, 1.807) is 0 Å². The highest BCUT2D eigenvalue weighted by molar-refractivity contribution is 6.36. The van der Waals surface area contributed by atoms with Crippen LogP contribution in [0.25, 0.3) is 0 Å². The van der Waals surface area contributed by atoms with Crippen molar-refractivity contribution in [1.82, 2.24) is 0 Å². The first-order valence-corrected chi connectivity index (χ1v) is 9.53. The molecule has 3 nitrogen and oxygen atoms in total. The summed E-state index contributed by atoms with van der Waals surface area (Å²) in [6.07, 6.45) is 8.08. The van der Waals surface area contributed by atoms with Gasteiger partial charge in [0, 0.05) is 13.2 Å². The maximum atomic E-state index is 5.62. The molecule has 3 unspecified atom stereocenters. The van der Waals surface area contributed by atoms with Crippen LogP contribution in [0.4, 0.5) is 0 Å². The van der Waals surface area contributed by atoms with Crippen LogP contribution in [0.1, 0.15) is 46.0 Å². The number of rotatable bonds is 9. The third-order valence-electron chi connectivity index (χ3n) is 4.12. The molecule has 0 aromatic rings. The van der Waals surface area contributed by atoms with Crippen LogP contribution in [0.2, 0.25) is 6.04 Å². The normalized spacial score (nSPS) is 31.2. The molecular weight excluding hydrogens is 244 g/mol. The number of hydrogen-bond donors (Lipinski definition) is 0. The number of fused-ring (bicyclic) bond motifs is 1. The molecule has 1 saturated carbocycles. The quantitative estimate of drug-likeness (QED) is 0.279. The molecule has 0 spiro atoms. The number of epoxide rings is 1. The highest BCUT2D eigenvalue weighted by atomic mass is 28.2. The average molecular weight is 272 g/mol. The lowest BCUT2D eigenvalue weighted by Crippen LogP contribution is -2.24. The minimum absolute atomic E-state index is 0.155. The summed E-state index contributed by atoms with van der Waals surface area (Å²) in [5.74, 6) is 1.09. The first-order chi connectivity index (χ1) is 8.83. The van der Waals surface area contributed by atoms with Gasteiger partial charge in [0.25, 0.3) is 0 Å². The Morgan fingerprint density at radius 3 is 2.61 bits per heavy atom. The summed E-state index contributed by atoms with van der Waals surface area (Å²) in [6.45, 7) is 5.66. The Morgan fingerprint density at radius 1 is 1.17 bits per heavy atom. The Morgan fingerprint density at radius 2 is 1.94 bits per heavy atom. The summed E-state index contributed by atoms with van der Waals surface area (Å²) >= 11 is 0. The molecule has 1 saturated heterocycles. The third-order valence-corrected chi connectivity index (χ3v) is 5.97. The Balaban J connectivity index is 1.51. The summed E-state index contributed by atoms with van der Waals surface area (Å²) in [6, 6.07) is 1.36. The van der Waals surface area contributed by atoms with Crippen molar-refractivity contribution in [3.05, 3.63) is 0 Å². The van der Waals surface area contributed by atoms with Crippen LogP contribution in [0.3, 0.4) is 0 Å². The van der Waals surface area contributed by atoms with Crippen molar-refractivity contribution in [3.63, 3.8) is 0 Å². The molecule has 2 rings (SSSR count). The van der Waals surface area contributed by atoms with Crippen molar-refractivity contribution < 1.29 is 14.2 Å². The van der Waals surface area contributed by atoms with E-state index in [0.717, 1.165) is 19.1 Å². The molecule has 1 aliphatic carbocycles. The maximum Gasteiger partial charge on any atom is 0.134 e. The smallest absolute Gasteiger partial charge is 0.134 e. The van der Waals surface area contributed by atoms with Gasteiger partial charge in [-0.2, -0.15) is 0 Å². The fourth-order valence-electron chi connectivity index (χ4n) is 3.08. The Labute approximate surface area is 113 Å². The summed E-state index contributed by atoms with van der Waals surface area (Å²) in [7, 11) is -0.222. The maximum absolute atomic E-state index is 5.62. The van der Waals surface area contributed by atoms with Gasteiger partial charge in [-0.25, -0.2) is 0 Å². The van der Waals surface area contributed by atoms with Crippen LogP contribution < -0.4 is 0 Å². The average Bonchev–Trinajstić information content (AvgIpc) is 3.13. The van der Waals surface area contributed by atoms with Crippen LogP contribution in [-0.2, 0) is 14.2 Å². The SMILES string of the molecule is CCOC(OCC)[SiH2]CCCC1CCC2OC2C1. The van der Waals surface area contributed by atoms with Crippen molar-refractivity contribution in [2.75, 3.05) is 13.2 Å². The molecule has 0 aromatic carbocycles. The number of ether oxygens (including phenoxy) is 3. The standard InChI is InChI=1S/C14H28O3Si/c1-3-15-14(16-4-2)18-9-5-6-11-7-8-12-13(10-11)17-12/h11-14H,3-10,18H2,1-2H3. The summed E-state index contributed by atoms with van der Waals surface area (Å²) in [5, 5.41) is 0. The van der Waals surface area contributed by atoms with Gasteiger partial charge in [0.15, 0.2) is 0 Å². The van der Waals surface area contributed by atoms with Crippen molar-refractivity contribution in [1.29, 1.82) is 0 Å². The molecule has 0 radical (unpaired) electrons. The minimum atomic E-state index is -0.222. The summed E-state index contributed by atoms with van der Waals surface area (Å²) in [4.78, 5) is 0. The predicted molar refractivity (Wildman–Crippen MR) is 75.6 cm³/mol. The fourth-order valence-corrected chi connectivity index (χ4v) is 4.79. The van der Waals surface area contributed by atoms with Gasteiger partial charge in [-0.15, -0.1) is 0 Å². The van der Waals surface area contributed by atoms with Crippen molar-refractivity contribution in [3.8, 4) is 0 Å². The Kier molecular flexibility index (Phi) is 6.15. The highest BCUT2D eigenvalue weighted by Gasteiger charge is 2.43. The fraction of sp³-hybridized carbons (Fsp3) is 1.00. The Hall–Kier alpha value is 0.0969. The van der Waals surface area contributed by atoms with E-state index in [-0.39, 0.29) is 15.4 Å². The van der Waals surface area contributed by atoms with Gasteiger partial charge >= 0.3 is 0 Å². The third kappa shape index (κ3) is 4.65. The van der Waals surface area contributed by atoms with E-state index in [4.69, 9.17) is 14.2 Å². The van der Waals surface area contributed by atoms with E-state index in [1.165, 1.54) is 38.1 Å². The molecule has 18 heavy (non-hydrogen) atoms. The summed E-state index contributed by atoms with van der Waals surface area (Å²) < 4.78 is 16.8. The zero-order chi connectivity index (χ0) is 12.8. The second-order valence-electron chi connectivity index (χ2n) is 5.52. The van der Waals surface area contributed by atoms with Crippen molar-refractivity contribution >= 4 is 9.52 Å². The molecule has 0 aromatic heterocycles. The van der Waals surface area contributed by atoms with Gasteiger partial charge in [0.05, 0.1) is 21.7 Å². The second kappa shape index (κ2) is 7.63. The lowest BCUT2D eigenvalue weighted by atomic mass is 9.86. The lowest BCUT2D eigenvalue weighted by molar-refractivity contribution is -0.0828. The van der Waals surface area contributed by atoms with Crippen molar-refractivity contribution in [2.45, 2.75) is 70.1 Å². The van der Waals surface area contributed by atoms with Gasteiger partial charge in [-0.1, -0.05) is 18.9 Å². The molecule has 1 heterocycles. The van der Waals surface area contributed by atoms with Gasteiger partial charge in [-0.05, 0) is 39.0 Å². The van der Waals surface area contributed by atoms with Crippen LogP contribution in [0.5, 0.6) is 0 Å². The van der Waals surface area contributed by atoms with Crippen LogP contribution in [0, 0.1) is 5.92 Å². The summed E-state index contributed by atoms with van der Waals surface area (Å²) in [5.41, 5.74) is 0. The molecule has 0 bridgehead atoms. The first-order valence-electron chi connectivity index (χ1n) is 7.72. The topological polar surface area (TPSA) is 31.0 Å². The predicted octanol–water partition coefficient (Wildman–Crippen LogP) is 2.28. The molecule has 4 heteroatoms. The number of hydrogen-bond acceptors (Lipinski definition) is 3. The van der Waals surface area contributed by atoms with Gasteiger partial charge in [0.1, 0.15) is 5.91 Å². The first kappa shape index (κ1) is 14.5. The molecule has 0 N–H and O–H groups in total. The van der Waals surface area contributed by atoms with Gasteiger partial charge in [-0.3, -0.25) is 0 Å². The van der Waals surface area contributed by atoms with E-state index in [2.05, 4.69) is 13.8 Å². The van der Waals surface area contributed by atoms with E-state index in [0.29, 0.717) is 12.2 Å². The van der Waals surface area contributed by atoms with E-state index >= 15 is 0 Å². The van der Waals surface area contributed by atoms with Gasteiger partial charge < -0.3 is 14.2 Å². The monoisotopic (exact) mass is 272 g/mol. The zero-order valence-electron chi connectivity index (χ0n) is 11.9. The molecule has 0 amide bonds. The Bertz CT molecular complexity index is 227. The second-order valence-corrected chi connectivity index (χ2v) is 7.47. The highest BCUT2D eigenvalue weighted by Crippen LogP contribution is 2.41. The van der Waals surface area contributed by atoms with Crippen LogP contribution >= 0.6 is 0 Å². The van der Waals surface area contributed by atoms with E-state index < -0.39 is 0 Å². The molecule has 1 aliphatic heterocycles. The lowest BCUT2D eigenvalue weighted by Gasteiger charge is -2.19. The molecule has 3 atom stereocenters. The van der Waals surface area contributed by atoms with Crippen LogP contribution in [0.15, 0.2) is 0 Å².